The smallest absolute Gasteiger partial charge is 0 e. The molecule has 0 saturated carbocycles. The van der Waals surface area contributed by atoms with Crippen molar-refractivity contribution in [2.24, 2.45) is 0 Å². The van der Waals surface area contributed by atoms with E-state index in [9.17, 15) is 0 Å². The molecule has 0 fully saturated rings. The second-order valence-corrected chi connectivity index (χ2v) is 0.204. The van der Waals surface area contributed by atoms with Crippen molar-refractivity contribution in [3.63, 3.8) is 0 Å². The Kier molecular flexibility index (Phi) is 20.0. The Bertz CT molecular complexity index is 13.5. The van der Waals surface area contributed by atoms with E-state index in [2.05, 4.69) is 0 Å². The van der Waals surface area contributed by atoms with Crippen LogP contribution in [-0.2, 0) is 4.79 Å². The monoisotopic (exact) mass is 183 g/mol. The Morgan fingerprint density at radius 1 is 1.75 bits per heavy atom. The van der Waals surface area contributed by atoms with Gasteiger partial charge in [-0.2, -0.15) is 6.92 Å². The minimum atomic E-state index is 0. The molecule has 0 aliphatic carbocycles. The first-order chi connectivity index (χ1) is 1.41. The Morgan fingerprint density at radius 2 is 1.75 bits per heavy atom. The molecule has 0 N–H and O–H groups in total. The van der Waals surface area contributed by atoms with Gasteiger partial charge in [0.15, 0.2) is 0 Å². The molecule has 0 aromatic heterocycles. The third-order valence-electron chi connectivity index (χ3n) is 0. The molecule has 0 bridgehead atoms. The van der Waals surface area contributed by atoms with Crippen molar-refractivity contribution in [1.82, 2.24) is 0 Å². The van der Waals surface area contributed by atoms with E-state index in [-0.39, 0.29) is 41.7 Å². The van der Waals surface area contributed by atoms with Crippen LogP contribution in [0.3, 0.4) is 0 Å². The fourth-order valence-corrected chi connectivity index (χ4v) is 0. The fraction of sp³-hybridized carbons (Fsp3) is 0.500. The molecule has 0 aliphatic rings. The summed E-state index contributed by atoms with van der Waals surface area (Å²) in [5.74, 6) is 0. The minimum absolute atomic E-state index is 0. The molecule has 0 unspecified atom stereocenters. The Morgan fingerprint density at radius 3 is 1.75 bits per heavy atom. The van der Waals surface area contributed by atoms with E-state index in [1.807, 2.05) is 0 Å². The van der Waals surface area contributed by atoms with Crippen molar-refractivity contribution >= 4 is 6.29 Å². The topological polar surface area (TPSA) is 17.1 Å². The second kappa shape index (κ2) is 8.97. The molecular formula is C2H3CeO-. The zero-order valence-corrected chi connectivity index (χ0v) is 5.55. The van der Waals surface area contributed by atoms with Gasteiger partial charge in [-0.15, -0.1) is 0 Å². The van der Waals surface area contributed by atoms with Gasteiger partial charge >= 0.3 is 0 Å². The van der Waals surface area contributed by atoms with Gasteiger partial charge in [0.2, 0.25) is 0 Å². The third kappa shape index (κ3) is 11.6. The molecule has 0 radical (unpaired) electrons. The summed E-state index contributed by atoms with van der Waals surface area (Å²) in [5.41, 5.74) is 0. The number of hydrogen-bond acceptors (Lipinski definition) is 1. The van der Waals surface area contributed by atoms with Crippen molar-refractivity contribution in [2.75, 3.05) is 0 Å². The normalized spacial score (nSPS) is 3.25. The summed E-state index contributed by atoms with van der Waals surface area (Å²) in [4.78, 5) is 8.68. The van der Waals surface area contributed by atoms with Crippen molar-refractivity contribution in [2.45, 2.75) is 6.92 Å². The van der Waals surface area contributed by atoms with Gasteiger partial charge in [-0.25, -0.2) is 0 Å². The Balaban J connectivity index is 0. The molecule has 0 amide bonds. The summed E-state index contributed by atoms with van der Waals surface area (Å²) in [7, 11) is 0. The van der Waals surface area contributed by atoms with Gasteiger partial charge < -0.3 is 4.79 Å². The summed E-state index contributed by atoms with van der Waals surface area (Å²) in [6.45, 7) is 1.32. The first-order valence-corrected chi connectivity index (χ1v) is 0.704. The average molecular weight is 183 g/mol. The maximum absolute atomic E-state index is 8.68. The summed E-state index contributed by atoms with van der Waals surface area (Å²) in [5, 5.41) is 0. The van der Waals surface area contributed by atoms with Crippen molar-refractivity contribution < 1.29 is 46.5 Å². The van der Waals surface area contributed by atoms with E-state index in [0.717, 1.165) is 0 Å². The predicted octanol–water partition coefficient (Wildman–Crippen LogP) is 0.116. The van der Waals surface area contributed by atoms with Crippen LogP contribution >= 0.6 is 0 Å². The molecule has 22 valence electrons. The van der Waals surface area contributed by atoms with Gasteiger partial charge in [0.05, 0.1) is 0 Å². The maximum atomic E-state index is 8.68. The van der Waals surface area contributed by atoms with Crippen LogP contribution in [0.25, 0.3) is 0 Å². The standard InChI is InChI=1S/C2H3O.Ce/c1-2-3;/h1H3;/q-1;. The first kappa shape index (κ1) is 8.90. The average Bonchev–Trinajstić information content (AvgIpc) is 0.918. The third-order valence-corrected chi connectivity index (χ3v) is 0. The van der Waals surface area contributed by atoms with E-state index < -0.39 is 0 Å². The zero-order valence-electron chi connectivity index (χ0n) is 2.41. The van der Waals surface area contributed by atoms with Crippen LogP contribution < -0.4 is 0 Å². The molecule has 0 saturated heterocycles. The summed E-state index contributed by atoms with van der Waals surface area (Å²) < 4.78 is 0. The molecular weight excluding hydrogens is 180 g/mol. The van der Waals surface area contributed by atoms with Crippen LogP contribution in [-0.4, -0.2) is 6.29 Å². The van der Waals surface area contributed by atoms with Crippen LogP contribution in [0, 0.1) is 41.7 Å². The van der Waals surface area contributed by atoms with E-state index in [4.69, 9.17) is 4.79 Å². The van der Waals surface area contributed by atoms with Crippen molar-refractivity contribution in [1.29, 1.82) is 0 Å². The maximum Gasteiger partial charge on any atom is 0 e. The van der Waals surface area contributed by atoms with Crippen LogP contribution in [0.15, 0.2) is 0 Å². The summed E-state index contributed by atoms with van der Waals surface area (Å²) >= 11 is 0. The zero-order chi connectivity index (χ0) is 2.71. The van der Waals surface area contributed by atoms with Crippen molar-refractivity contribution in [3.05, 3.63) is 0 Å². The van der Waals surface area contributed by atoms with E-state index in [0.29, 0.717) is 0 Å². The van der Waals surface area contributed by atoms with Crippen LogP contribution in [0.5, 0.6) is 0 Å². The van der Waals surface area contributed by atoms with Crippen LogP contribution in [0.4, 0.5) is 0 Å². The summed E-state index contributed by atoms with van der Waals surface area (Å²) in [6, 6.07) is 0. The molecule has 0 atom stereocenters. The van der Waals surface area contributed by atoms with Gasteiger partial charge in [0.1, 0.15) is 0 Å². The van der Waals surface area contributed by atoms with E-state index in [1.54, 1.807) is 0 Å². The molecule has 0 rings (SSSR count). The van der Waals surface area contributed by atoms with Gasteiger partial charge in [0.25, 0.3) is 0 Å². The quantitative estimate of drug-likeness (QED) is 0.487. The van der Waals surface area contributed by atoms with Gasteiger partial charge in [0, 0.05) is 41.7 Å². The largest absolute Gasteiger partial charge is 0.542 e. The SMILES string of the molecule is C[C-]=O.[Ce]. The predicted molar refractivity (Wildman–Crippen MR) is 11.4 cm³/mol. The molecule has 0 aromatic carbocycles. The van der Waals surface area contributed by atoms with Crippen molar-refractivity contribution in [3.8, 4) is 0 Å². The van der Waals surface area contributed by atoms with E-state index >= 15 is 0 Å². The minimum Gasteiger partial charge on any atom is -0.542 e. The van der Waals surface area contributed by atoms with Gasteiger partial charge in [-0.1, -0.05) is 0 Å². The number of carbonyl (C=O) groups excluding carboxylic acids is 1. The first-order valence-electron chi connectivity index (χ1n) is 0.704. The molecule has 1 nitrogen and oxygen atoms in total. The fourth-order valence-electron chi connectivity index (χ4n) is 0. The van der Waals surface area contributed by atoms with Gasteiger partial charge in [-0.3, -0.25) is 6.29 Å². The Hall–Kier alpha value is 1.05. The van der Waals surface area contributed by atoms with Gasteiger partial charge in [-0.05, 0) is 0 Å². The van der Waals surface area contributed by atoms with E-state index in [1.165, 1.54) is 13.2 Å². The molecule has 0 heterocycles. The molecule has 2 heteroatoms. The Labute approximate surface area is 59.1 Å². The number of rotatable bonds is 0. The summed E-state index contributed by atoms with van der Waals surface area (Å²) in [6.07, 6.45) is 1.50. The molecule has 0 aromatic rings. The van der Waals surface area contributed by atoms with Crippen LogP contribution in [0.2, 0.25) is 0 Å². The molecule has 4 heavy (non-hydrogen) atoms. The molecule has 0 spiro atoms. The second-order valence-electron chi connectivity index (χ2n) is 0.204. The van der Waals surface area contributed by atoms with Crippen LogP contribution in [0.1, 0.15) is 6.92 Å². The molecule has 0 aliphatic heterocycles. The number of hydrogen-bond donors (Lipinski definition) is 0.